The summed E-state index contributed by atoms with van der Waals surface area (Å²) in [7, 11) is 0. The van der Waals surface area contributed by atoms with Crippen LogP contribution >= 0.6 is 0 Å². The average molecular weight is 458 g/mol. The van der Waals surface area contributed by atoms with E-state index in [0.717, 1.165) is 43.3 Å². The van der Waals surface area contributed by atoms with E-state index < -0.39 is 11.6 Å². The lowest BCUT2D eigenvalue weighted by Gasteiger charge is -2.44. The van der Waals surface area contributed by atoms with Crippen molar-refractivity contribution in [1.29, 1.82) is 5.41 Å². The van der Waals surface area contributed by atoms with Gasteiger partial charge in [-0.15, -0.1) is 0 Å². The van der Waals surface area contributed by atoms with Crippen molar-refractivity contribution >= 4 is 5.96 Å². The molecule has 182 valence electrons. The van der Waals surface area contributed by atoms with E-state index in [1.54, 1.807) is 0 Å². The highest BCUT2D eigenvalue weighted by Crippen LogP contribution is 2.53. The fraction of sp³-hybridized carbons (Fsp3) is 0.731. The molecule has 1 saturated heterocycles. The summed E-state index contributed by atoms with van der Waals surface area (Å²) in [6.07, 6.45) is 11.8. The molecule has 0 radical (unpaired) electrons. The average Bonchev–Trinajstić information content (AvgIpc) is 3.14. The van der Waals surface area contributed by atoms with E-state index in [2.05, 4.69) is 24.4 Å². The van der Waals surface area contributed by atoms with Gasteiger partial charge < -0.3 is 20.5 Å². The molecule has 1 aromatic carbocycles. The highest BCUT2D eigenvalue weighted by atomic mass is 17.3. The fourth-order valence-electron chi connectivity index (χ4n) is 6.64. The first kappa shape index (κ1) is 22.9. The van der Waals surface area contributed by atoms with Crippen LogP contribution in [-0.4, -0.2) is 30.7 Å². The van der Waals surface area contributed by atoms with Crippen molar-refractivity contribution in [3.63, 3.8) is 0 Å². The lowest BCUT2D eigenvalue weighted by molar-refractivity contribution is -0.361. The summed E-state index contributed by atoms with van der Waals surface area (Å²) in [5.74, 6) is 2.25. The maximum Gasteiger partial charge on any atom is 0.204 e. The van der Waals surface area contributed by atoms with Crippen LogP contribution < -0.4 is 15.8 Å². The third-order valence-corrected chi connectivity index (χ3v) is 8.40. The highest BCUT2D eigenvalue weighted by Gasteiger charge is 2.56. The summed E-state index contributed by atoms with van der Waals surface area (Å²) in [6.45, 7) is 3.11. The summed E-state index contributed by atoms with van der Waals surface area (Å²) in [6, 6.07) is 8.37. The molecule has 1 heterocycles. The summed E-state index contributed by atoms with van der Waals surface area (Å²) in [4.78, 5) is 12.0. The van der Waals surface area contributed by atoms with Gasteiger partial charge in [-0.3, -0.25) is 5.41 Å². The van der Waals surface area contributed by atoms with Crippen molar-refractivity contribution < 1.29 is 19.2 Å². The molecule has 0 aromatic heterocycles. The van der Waals surface area contributed by atoms with Crippen LogP contribution in [0.2, 0.25) is 0 Å². The van der Waals surface area contributed by atoms with Gasteiger partial charge in [-0.25, -0.2) is 0 Å². The van der Waals surface area contributed by atoms with E-state index in [9.17, 15) is 0 Å². The Morgan fingerprint density at radius 1 is 1.06 bits per heavy atom. The largest absolute Gasteiger partial charge is 0.492 e. The minimum absolute atomic E-state index is 0.0359. The van der Waals surface area contributed by atoms with Crippen LogP contribution in [0.5, 0.6) is 5.75 Å². The van der Waals surface area contributed by atoms with Crippen molar-refractivity contribution in [2.24, 2.45) is 23.5 Å². The third kappa shape index (κ3) is 5.15. The molecule has 7 heteroatoms. The third-order valence-electron chi connectivity index (χ3n) is 8.40. The van der Waals surface area contributed by atoms with Crippen LogP contribution in [0, 0.1) is 23.2 Å². The van der Waals surface area contributed by atoms with Crippen molar-refractivity contribution in [2.45, 2.75) is 88.6 Å². The second-order valence-corrected chi connectivity index (χ2v) is 10.8. The molecule has 1 aromatic rings. The number of rotatable bonds is 6. The number of fused-ring (bicyclic) bond motifs is 2. The van der Waals surface area contributed by atoms with Gasteiger partial charge in [-0.1, -0.05) is 31.4 Å². The minimum atomic E-state index is -0.600. The highest BCUT2D eigenvalue weighted by molar-refractivity contribution is 5.74. The first-order valence-electron chi connectivity index (χ1n) is 12.8. The maximum absolute atomic E-state index is 7.16. The second-order valence-electron chi connectivity index (χ2n) is 10.8. The van der Waals surface area contributed by atoms with Crippen LogP contribution in [-0.2, 0) is 14.5 Å². The molecule has 3 saturated carbocycles. The number of hydrogen-bond acceptors (Lipinski definition) is 5. The minimum Gasteiger partial charge on any atom is -0.492 e. The lowest BCUT2D eigenvalue weighted by Crippen LogP contribution is -2.45. The van der Waals surface area contributed by atoms with Gasteiger partial charge in [0.05, 0.1) is 6.54 Å². The molecule has 33 heavy (non-hydrogen) atoms. The summed E-state index contributed by atoms with van der Waals surface area (Å²) < 4.78 is 12.4. The van der Waals surface area contributed by atoms with Gasteiger partial charge in [-0.2, -0.15) is 9.78 Å². The summed E-state index contributed by atoms with van der Waals surface area (Å²) in [5, 5.41) is 9.91. The van der Waals surface area contributed by atoms with Crippen molar-refractivity contribution in [2.75, 3.05) is 13.2 Å². The number of guanidine groups is 1. The SMILES string of the molecule is C[C@@]1(C2CC3CCCC(C3)C2)OO[C@]2(CC[C@@H](c3ccc(OCCNC(=N)N)cc3)CC2)O1. The van der Waals surface area contributed by atoms with E-state index in [1.807, 2.05) is 12.1 Å². The molecule has 2 unspecified atom stereocenters. The molecule has 4 fully saturated rings. The van der Waals surface area contributed by atoms with E-state index in [4.69, 9.17) is 30.4 Å². The first-order chi connectivity index (χ1) is 15.9. The lowest BCUT2D eigenvalue weighted by atomic mass is 9.66. The van der Waals surface area contributed by atoms with Gasteiger partial charge in [0, 0.05) is 18.8 Å². The van der Waals surface area contributed by atoms with E-state index in [0.29, 0.717) is 25.0 Å². The van der Waals surface area contributed by atoms with Gasteiger partial charge >= 0.3 is 0 Å². The molecule has 3 aliphatic carbocycles. The molecular formula is C26H39N3O4. The van der Waals surface area contributed by atoms with Gasteiger partial charge in [-0.05, 0) is 74.5 Å². The zero-order valence-corrected chi connectivity index (χ0v) is 19.8. The standard InChI is InChI=1S/C26H39N3O4/c1-25(22-16-18-3-2-4-19(15-18)17-22)31-26(33-32-25)11-9-21(10-12-26)20-5-7-23(8-6-20)30-14-13-29-24(27)28/h5-8,18-19,21-22H,2-4,9-17H2,1H3,(H4,27,28,29)/t18?,19?,21-,22?,25-,26+/m0/s1. The Morgan fingerprint density at radius 2 is 1.76 bits per heavy atom. The molecule has 1 aliphatic heterocycles. The zero-order valence-electron chi connectivity index (χ0n) is 19.8. The summed E-state index contributed by atoms with van der Waals surface area (Å²) in [5.41, 5.74) is 6.61. The molecular weight excluding hydrogens is 418 g/mol. The molecule has 4 aliphatic rings. The second kappa shape index (κ2) is 9.43. The van der Waals surface area contributed by atoms with Crippen LogP contribution in [0.25, 0.3) is 0 Å². The van der Waals surface area contributed by atoms with E-state index in [-0.39, 0.29) is 5.96 Å². The van der Waals surface area contributed by atoms with Crippen LogP contribution in [0.3, 0.4) is 0 Å². The molecule has 0 amide bonds. The molecule has 2 bridgehead atoms. The van der Waals surface area contributed by atoms with Crippen LogP contribution in [0.15, 0.2) is 24.3 Å². The normalized spacial score (nSPS) is 38.2. The Kier molecular flexibility index (Phi) is 6.56. The maximum atomic E-state index is 7.16. The van der Waals surface area contributed by atoms with Gasteiger partial charge in [0.1, 0.15) is 12.4 Å². The predicted octanol–water partition coefficient (Wildman–Crippen LogP) is 4.81. The van der Waals surface area contributed by atoms with E-state index >= 15 is 0 Å². The Hall–Kier alpha value is -1.83. The molecule has 3 atom stereocenters. The molecule has 5 rings (SSSR count). The zero-order chi connectivity index (χ0) is 22.9. The van der Waals surface area contributed by atoms with Gasteiger partial charge in [0.15, 0.2) is 5.96 Å². The van der Waals surface area contributed by atoms with Crippen molar-refractivity contribution in [3.05, 3.63) is 29.8 Å². The Labute approximate surface area is 197 Å². The van der Waals surface area contributed by atoms with Gasteiger partial charge in [0.2, 0.25) is 11.6 Å². The van der Waals surface area contributed by atoms with Crippen molar-refractivity contribution in [3.8, 4) is 5.75 Å². The predicted molar refractivity (Wildman–Crippen MR) is 126 cm³/mol. The van der Waals surface area contributed by atoms with E-state index in [1.165, 1.54) is 44.1 Å². The molecule has 4 N–H and O–H groups in total. The smallest absolute Gasteiger partial charge is 0.204 e. The Morgan fingerprint density at radius 3 is 2.42 bits per heavy atom. The monoisotopic (exact) mass is 457 g/mol. The van der Waals surface area contributed by atoms with Crippen molar-refractivity contribution in [1.82, 2.24) is 5.32 Å². The molecule has 7 nitrogen and oxygen atoms in total. The number of ether oxygens (including phenoxy) is 2. The quantitative estimate of drug-likeness (QED) is 0.245. The topological polar surface area (TPSA) is 98.8 Å². The number of hydrogen-bond donors (Lipinski definition) is 3. The Balaban J connectivity index is 1.12. The summed E-state index contributed by atoms with van der Waals surface area (Å²) >= 11 is 0. The fourth-order valence-corrected chi connectivity index (χ4v) is 6.64. The van der Waals surface area contributed by atoms with Crippen LogP contribution in [0.4, 0.5) is 0 Å². The number of nitrogens with one attached hydrogen (secondary N) is 2. The number of nitrogens with two attached hydrogens (primary N) is 1. The number of benzene rings is 1. The van der Waals surface area contributed by atoms with Gasteiger partial charge in [0.25, 0.3) is 0 Å². The first-order valence-corrected chi connectivity index (χ1v) is 12.8. The van der Waals surface area contributed by atoms with Crippen LogP contribution in [0.1, 0.15) is 82.6 Å². The molecule has 1 spiro atoms. The Bertz CT molecular complexity index is 811.